The predicted octanol–water partition coefficient (Wildman–Crippen LogP) is 2.68. The molecule has 2 aromatic carbocycles. The molecule has 1 aromatic heterocycles. The van der Waals surface area contributed by atoms with Crippen molar-refractivity contribution in [3.05, 3.63) is 66.2 Å². The Morgan fingerprint density at radius 2 is 1.83 bits per heavy atom. The van der Waals surface area contributed by atoms with Crippen LogP contribution in [0.15, 0.2) is 54.9 Å². The summed E-state index contributed by atoms with van der Waals surface area (Å²) in [5.74, 6) is -0.307. The Kier molecular flexibility index (Phi) is 4.46. The van der Waals surface area contributed by atoms with Gasteiger partial charge in [0.1, 0.15) is 12.1 Å². The van der Waals surface area contributed by atoms with E-state index in [0.717, 1.165) is 11.3 Å². The maximum atomic E-state index is 12.9. The Labute approximate surface area is 137 Å². The number of amides is 2. The Morgan fingerprint density at radius 3 is 2.46 bits per heavy atom. The number of urea groups is 1. The summed E-state index contributed by atoms with van der Waals surface area (Å²) in [7, 11) is 0. The fraction of sp³-hybridized carbons (Fsp3) is 0.125. The molecule has 1 heterocycles. The number of hydrogen-bond donors (Lipinski definition) is 2. The van der Waals surface area contributed by atoms with Crippen molar-refractivity contribution in [3.63, 3.8) is 0 Å². The number of carbonyl (C=O) groups excluding carboxylic acids is 1. The molecule has 3 rings (SSSR count). The minimum Gasteiger partial charge on any atom is -0.331 e. The van der Waals surface area contributed by atoms with Crippen LogP contribution in [0.1, 0.15) is 18.5 Å². The van der Waals surface area contributed by atoms with Crippen molar-refractivity contribution in [1.29, 1.82) is 0 Å². The van der Waals surface area contributed by atoms with Crippen LogP contribution in [0.4, 0.5) is 14.9 Å². The lowest BCUT2D eigenvalue weighted by Gasteiger charge is -2.15. The van der Waals surface area contributed by atoms with Gasteiger partial charge >= 0.3 is 6.03 Å². The number of anilines is 1. The smallest absolute Gasteiger partial charge is 0.319 e. The third kappa shape index (κ3) is 3.72. The van der Waals surface area contributed by atoms with Crippen molar-refractivity contribution in [3.8, 4) is 5.69 Å². The van der Waals surface area contributed by atoms with Gasteiger partial charge in [-0.05, 0) is 59.3 Å². The van der Waals surface area contributed by atoms with Gasteiger partial charge in [0.05, 0.1) is 11.7 Å². The molecule has 24 heavy (non-hydrogen) atoms. The van der Waals surface area contributed by atoms with Crippen molar-refractivity contribution < 1.29 is 9.18 Å². The highest BCUT2D eigenvalue weighted by molar-refractivity contribution is 5.89. The summed E-state index contributed by atoms with van der Waals surface area (Å²) < 4.78 is 14.4. The van der Waals surface area contributed by atoms with Gasteiger partial charge in [0.15, 0.2) is 0 Å². The molecule has 0 spiro atoms. The lowest BCUT2D eigenvalue weighted by molar-refractivity contribution is 0.249. The molecule has 0 radical (unpaired) electrons. The molecule has 3 aromatic rings. The van der Waals surface area contributed by atoms with E-state index in [1.807, 2.05) is 6.92 Å². The maximum Gasteiger partial charge on any atom is 0.319 e. The molecule has 0 aliphatic heterocycles. The molecule has 0 aliphatic rings. The lowest BCUT2D eigenvalue weighted by atomic mass is 10.1. The first kappa shape index (κ1) is 15.6. The number of nitrogens with zero attached hydrogens (tertiary/aromatic N) is 4. The highest BCUT2D eigenvalue weighted by Crippen LogP contribution is 2.14. The molecule has 0 aliphatic carbocycles. The van der Waals surface area contributed by atoms with E-state index in [1.54, 1.807) is 36.4 Å². The van der Waals surface area contributed by atoms with E-state index >= 15 is 0 Å². The van der Waals surface area contributed by atoms with Gasteiger partial charge in [0.25, 0.3) is 0 Å². The summed E-state index contributed by atoms with van der Waals surface area (Å²) in [6, 6.07) is 12.5. The van der Waals surface area contributed by atoms with Gasteiger partial charge in [-0.1, -0.05) is 12.1 Å². The van der Waals surface area contributed by atoms with Gasteiger partial charge in [0.2, 0.25) is 0 Å². The van der Waals surface area contributed by atoms with Crippen LogP contribution in [0.2, 0.25) is 0 Å². The summed E-state index contributed by atoms with van der Waals surface area (Å²) in [5.41, 5.74) is 2.24. The van der Waals surface area contributed by atoms with Crippen LogP contribution < -0.4 is 10.6 Å². The molecule has 0 saturated carbocycles. The number of nitrogens with one attached hydrogen (secondary N) is 2. The number of carbonyl (C=O) groups is 1. The van der Waals surface area contributed by atoms with Gasteiger partial charge < -0.3 is 10.6 Å². The van der Waals surface area contributed by atoms with Crippen molar-refractivity contribution in [2.45, 2.75) is 13.0 Å². The van der Waals surface area contributed by atoms with Crippen LogP contribution in [0.5, 0.6) is 0 Å². The highest BCUT2D eigenvalue weighted by atomic mass is 19.1. The van der Waals surface area contributed by atoms with Crippen molar-refractivity contribution in [2.24, 2.45) is 0 Å². The zero-order chi connectivity index (χ0) is 16.9. The van der Waals surface area contributed by atoms with E-state index in [-0.39, 0.29) is 17.9 Å². The molecule has 0 bridgehead atoms. The largest absolute Gasteiger partial charge is 0.331 e. The average molecular weight is 326 g/mol. The third-order valence-corrected chi connectivity index (χ3v) is 3.46. The summed E-state index contributed by atoms with van der Waals surface area (Å²) >= 11 is 0. The summed E-state index contributed by atoms with van der Waals surface area (Å²) in [6.07, 6.45) is 1.49. The summed E-state index contributed by atoms with van der Waals surface area (Å²) in [6.45, 7) is 1.83. The molecule has 0 saturated heterocycles. The first-order valence-electron chi connectivity index (χ1n) is 7.28. The fourth-order valence-electron chi connectivity index (χ4n) is 2.18. The fourth-order valence-corrected chi connectivity index (χ4v) is 2.18. The van der Waals surface area contributed by atoms with E-state index < -0.39 is 0 Å². The van der Waals surface area contributed by atoms with Crippen molar-refractivity contribution >= 4 is 11.7 Å². The van der Waals surface area contributed by atoms with Gasteiger partial charge in [-0.2, -0.15) is 0 Å². The molecule has 122 valence electrons. The van der Waals surface area contributed by atoms with Crippen LogP contribution in [0.3, 0.4) is 0 Å². The number of halogens is 1. The highest BCUT2D eigenvalue weighted by Gasteiger charge is 2.10. The second kappa shape index (κ2) is 6.86. The lowest BCUT2D eigenvalue weighted by Crippen LogP contribution is -2.31. The second-order valence-corrected chi connectivity index (χ2v) is 5.17. The predicted molar refractivity (Wildman–Crippen MR) is 86.1 cm³/mol. The average Bonchev–Trinajstić information content (AvgIpc) is 3.10. The van der Waals surface area contributed by atoms with E-state index in [4.69, 9.17) is 0 Å². The standard InChI is InChI=1S/C16H15FN6O/c1-11(12-2-4-13(17)5-3-12)19-16(24)20-14-6-8-15(9-7-14)23-10-18-21-22-23/h2-11H,1H3,(H2,19,20,24)/t11-/m0/s1. The van der Waals surface area contributed by atoms with Crippen LogP contribution in [0, 0.1) is 5.82 Å². The molecule has 7 nitrogen and oxygen atoms in total. The first-order chi connectivity index (χ1) is 11.6. The van der Waals surface area contributed by atoms with Gasteiger partial charge in [0, 0.05) is 5.69 Å². The van der Waals surface area contributed by atoms with Crippen LogP contribution in [-0.4, -0.2) is 26.2 Å². The van der Waals surface area contributed by atoms with Gasteiger partial charge in [-0.3, -0.25) is 0 Å². The molecule has 2 amide bonds. The molecule has 2 N–H and O–H groups in total. The Hall–Kier alpha value is -3.29. The molecule has 1 atom stereocenters. The van der Waals surface area contributed by atoms with E-state index in [9.17, 15) is 9.18 Å². The van der Waals surface area contributed by atoms with E-state index in [1.165, 1.54) is 23.1 Å². The van der Waals surface area contributed by atoms with Crippen LogP contribution >= 0.6 is 0 Å². The minimum absolute atomic E-state index is 0.244. The molecular weight excluding hydrogens is 311 g/mol. The topological polar surface area (TPSA) is 84.7 Å². The Balaban J connectivity index is 1.59. The first-order valence-corrected chi connectivity index (χ1v) is 7.28. The third-order valence-electron chi connectivity index (χ3n) is 3.46. The summed E-state index contributed by atoms with van der Waals surface area (Å²) in [5, 5.41) is 16.5. The number of tetrazole rings is 1. The molecular formula is C16H15FN6O. The quantitative estimate of drug-likeness (QED) is 0.772. The summed E-state index contributed by atoms with van der Waals surface area (Å²) in [4.78, 5) is 12.0. The molecule has 0 unspecified atom stereocenters. The van der Waals surface area contributed by atoms with Crippen molar-refractivity contribution in [2.75, 3.05) is 5.32 Å². The molecule has 8 heteroatoms. The molecule has 0 fully saturated rings. The zero-order valence-electron chi connectivity index (χ0n) is 12.8. The van der Waals surface area contributed by atoms with Crippen molar-refractivity contribution in [1.82, 2.24) is 25.5 Å². The zero-order valence-corrected chi connectivity index (χ0v) is 12.8. The number of rotatable bonds is 4. The SMILES string of the molecule is C[C@H](NC(=O)Nc1ccc(-n2cnnn2)cc1)c1ccc(F)cc1. The van der Waals surface area contributed by atoms with Crippen LogP contribution in [-0.2, 0) is 0 Å². The number of hydrogen-bond acceptors (Lipinski definition) is 4. The number of aromatic nitrogens is 4. The van der Waals surface area contributed by atoms with Gasteiger partial charge in [-0.25, -0.2) is 13.9 Å². The monoisotopic (exact) mass is 326 g/mol. The van der Waals surface area contributed by atoms with Crippen LogP contribution in [0.25, 0.3) is 5.69 Å². The number of benzene rings is 2. The van der Waals surface area contributed by atoms with E-state index in [2.05, 4.69) is 26.2 Å². The second-order valence-electron chi connectivity index (χ2n) is 5.17. The Morgan fingerprint density at radius 1 is 1.12 bits per heavy atom. The van der Waals surface area contributed by atoms with Gasteiger partial charge in [-0.15, -0.1) is 5.10 Å². The Bertz CT molecular complexity index is 802. The normalized spacial score (nSPS) is 11.8. The minimum atomic E-state index is -0.345. The van der Waals surface area contributed by atoms with E-state index in [0.29, 0.717) is 5.69 Å². The maximum absolute atomic E-state index is 12.9.